The molecule has 4 aromatic rings. The third-order valence-corrected chi connectivity index (χ3v) is 6.03. The fourth-order valence-corrected chi connectivity index (χ4v) is 4.35. The number of fused-ring (bicyclic) bond motifs is 1. The molecule has 3 N–H and O–H groups in total. The van der Waals surface area contributed by atoms with Crippen molar-refractivity contribution in [3.63, 3.8) is 0 Å². The van der Waals surface area contributed by atoms with Crippen LogP contribution in [0.1, 0.15) is 34.8 Å². The van der Waals surface area contributed by atoms with Crippen molar-refractivity contribution in [3.05, 3.63) is 65.9 Å². The predicted molar refractivity (Wildman–Crippen MR) is 110 cm³/mol. The second-order valence-electron chi connectivity index (χ2n) is 7.01. The minimum absolute atomic E-state index is 0.406. The van der Waals surface area contributed by atoms with E-state index in [4.69, 9.17) is 5.73 Å². The second kappa shape index (κ2) is 6.83. The number of hydrogen-bond donors (Lipinski definition) is 2. The molecule has 0 spiro atoms. The fourth-order valence-electron chi connectivity index (χ4n) is 3.39. The summed E-state index contributed by atoms with van der Waals surface area (Å²) < 4.78 is 2.28. The number of nitrogens with zero attached hydrogens (tertiary/aromatic N) is 3. The van der Waals surface area contributed by atoms with E-state index in [-0.39, 0.29) is 0 Å². The average molecular weight is 389 g/mol. The summed E-state index contributed by atoms with van der Waals surface area (Å²) in [6.07, 6.45) is 4.34. The van der Waals surface area contributed by atoms with Crippen molar-refractivity contribution in [1.29, 1.82) is 0 Å². The van der Waals surface area contributed by atoms with E-state index < -0.39 is 5.91 Å². The molecule has 1 saturated carbocycles. The van der Waals surface area contributed by atoms with Gasteiger partial charge in [0.1, 0.15) is 0 Å². The number of benzene rings is 2. The van der Waals surface area contributed by atoms with Crippen molar-refractivity contribution >= 4 is 28.6 Å². The molecule has 6 nitrogen and oxygen atoms in total. The summed E-state index contributed by atoms with van der Waals surface area (Å²) in [7, 11) is 0. The van der Waals surface area contributed by atoms with Crippen molar-refractivity contribution < 1.29 is 4.79 Å². The van der Waals surface area contributed by atoms with E-state index in [1.807, 2.05) is 30.5 Å². The number of hydrogen-bond acceptors (Lipinski definition) is 4. The Kier molecular flexibility index (Phi) is 4.16. The Bertz CT molecular complexity index is 1160. The van der Waals surface area contributed by atoms with Crippen LogP contribution in [0.3, 0.4) is 0 Å². The highest BCUT2D eigenvalue weighted by molar-refractivity contribution is 7.98. The van der Waals surface area contributed by atoms with Crippen molar-refractivity contribution in [3.8, 4) is 11.4 Å². The molecule has 1 amide bonds. The molecule has 0 aliphatic heterocycles. The van der Waals surface area contributed by atoms with Gasteiger partial charge >= 0.3 is 0 Å². The lowest BCUT2D eigenvalue weighted by Gasteiger charge is -2.08. The molecule has 140 valence electrons. The number of aromatic nitrogens is 4. The Balaban J connectivity index is 1.44. The predicted octanol–water partition coefficient (Wildman–Crippen LogP) is 4.15. The summed E-state index contributed by atoms with van der Waals surface area (Å²) in [5, 5.41) is 11.1. The van der Waals surface area contributed by atoms with E-state index in [1.165, 1.54) is 0 Å². The smallest absolute Gasteiger partial charge is 0.248 e. The number of thioether (sulfide) groups is 1. The summed E-state index contributed by atoms with van der Waals surface area (Å²) in [5.74, 6) is 1.28. The normalized spacial score (nSPS) is 13.9. The second-order valence-corrected chi connectivity index (χ2v) is 7.95. The number of nitrogens with one attached hydrogen (secondary N) is 1. The summed E-state index contributed by atoms with van der Waals surface area (Å²) in [6, 6.07) is 16.1. The Morgan fingerprint density at radius 2 is 1.93 bits per heavy atom. The first kappa shape index (κ1) is 17.1. The first-order valence-corrected chi connectivity index (χ1v) is 10.2. The molecule has 0 radical (unpaired) electrons. The van der Waals surface area contributed by atoms with E-state index in [2.05, 4.69) is 31.9 Å². The van der Waals surface area contributed by atoms with Gasteiger partial charge in [-0.25, -0.2) is 0 Å². The Hall–Kier alpha value is -3.06. The van der Waals surface area contributed by atoms with Crippen molar-refractivity contribution in [2.75, 3.05) is 0 Å². The maximum atomic E-state index is 11.2. The Morgan fingerprint density at radius 1 is 1.14 bits per heavy atom. The molecule has 1 fully saturated rings. The van der Waals surface area contributed by atoms with Crippen LogP contribution >= 0.6 is 11.8 Å². The van der Waals surface area contributed by atoms with Crippen LogP contribution in [0, 0.1) is 0 Å². The maximum Gasteiger partial charge on any atom is 0.248 e. The van der Waals surface area contributed by atoms with Crippen molar-refractivity contribution in [2.24, 2.45) is 5.73 Å². The van der Waals surface area contributed by atoms with Gasteiger partial charge in [-0.3, -0.25) is 9.36 Å². The van der Waals surface area contributed by atoms with E-state index in [9.17, 15) is 4.79 Å². The van der Waals surface area contributed by atoms with E-state index >= 15 is 0 Å². The zero-order chi connectivity index (χ0) is 19.1. The van der Waals surface area contributed by atoms with Crippen LogP contribution in [0.25, 0.3) is 22.3 Å². The summed E-state index contributed by atoms with van der Waals surface area (Å²) in [4.78, 5) is 14.5. The maximum absolute atomic E-state index is 11.2. The largest absolute Gasteiger partial charge is 0.366 e. The van der Waals surface area contributed by atoms with Crippen LogP contribution in [0.2, 0.25) is 0 Å². The minimum Gasteiger partial charge on any atom is -0.366 e. The molecule has 2 heterocycles. The van der Waals surface area contributed by atoms with Crippen LogP contribution in [-0.4, -0.2) is 25.7 Å². The quantitative estimate of drug-likeness (QED) is 0.485. The van der Waals surface area contributed by atoms with Crippen LogP contribution in [0.5, 0.6) is 0 Å². The zero-order valence-corrected chi connectivity index (χ0v) is 15.9. The zero-order valence-electron chi connectivity index (χ0n) is 15.1. The van der Waals surface area contributed by atoms with E-state index in [1.54, 1.807) is 23.9 Å². The van der Waals surface area contributed by atoms with E-state index in [0.29, 0.717) is 11.6 Å². The van der Waals surface area contributed by atoms with Crippen LogP contribution in [0.4, 0.5) is 0 Å². The Morgan fingerprint density at radius 3 is 2.68 bits per heavy atom. The van der Waals surface area contributed by atoms with Gasteiger partial charge in [-0.1, -0.05) is 42.1 Å². The lowest BCUT2D eigenvalue weighted by molar-refractivity contribution is 0.100. The molecular weight excluding hydrogens is 370 g/mol. The standard InChI is InChI=1S/C21H19N5OS/c22-19(27)14-7-5-13(6-8-14)12-28-21-25-24-20(26(21)15-9-10-15)17-11-23-18-4-2-1-3-16(17)18/h1-8,11,15,23H,9-10,12H2,(H2,22,27). The van der Waals surface area contributed by atoms with Crippen LogP contribution in [-0.2, 0) is 5.75 Å². The molecule has 5 rings (SSSR count). The first-order chi connectivity index (χ1) is 13.7. The third kappa shape index (κ3) is 3.07. The van der Waals surface area contributed by atoms with Gasteiger partial charge in [0.2, 0.25) is 5.91 Å². The Labute approximate surface area is 166 Å². The first-order valence-electron chi connectivity index (χ1n) is 9.23. The molecule has 2 aromatic carbocycles. The number of aromatic amines is 1. The summed E-state index contributed by atoms with van der Waals surface area (Å²) >= 11 is 1.67. The van der Waals surface area contributed by atoms with Gasteiger partial charge in [-0.2, -0.15) is 0 Å². The van der Waals surface area contributed by atoms with Gasteiger partial charge in [0.15, 0.2) is 11.0 Å². The highest BCUT2D eigenvalue weighted by atomic mass is 32.2. The number of para-hydroxylation sites is 1. The number of H-pyrrole nitrogens is 1. The van der Waals surface area contributed by atoms with Crippen LogP contribution in [0.15, 0.2) is 59.9 Å². The monoisotopic (exact) mass is 389 g/mol. The lowest BCUT2D eigenvalue weighted by atomic mass is 10.1. The molecule has 0 bridgehead atoms. The van der Waals surface area contributed by atoms with Crippen molar-refractivity contribution in [2.45, 2.75) is 29.8 Å². The van der Waals surface area contributed by atoms with Gasteiger partial charge < -0.3 is 10.7 Å². The third-order valence-electron chi connectivity index (χ3n) is 5.01. The number of nitrogens with two attached hydrogens (primary N) is 1. The lowest BCUT2D eigenvalue weighted by Crippen LogP contribution is -2.10. The number of carbonyl (C=O) groups excluding carboxylic acids is 1. The molecule has 1 aliphatic rings. The summed E-state index contributed by atoms with van der Waals surface area (Å²) in [6.45, 7) is 0. The summed E-state index contributed by atoms with van der Waals surface area (Å²) in [5.41, 5.74) is 9.15. The number of carbonyl (C=O) groups is 1. The average Bonchev–Trinajstić information content (AvgIpc) is 3.33. The highest BCUT2D eigenvalue weighted by Crippen LogP contribution is 2.42. The molecular formula is C21H19N5OS. The molecule has 0 atom stereocenters. The topological polar surface area (TPSA) is 89.6 Å². The fraction of sp³-hybridized carbons (Fsp3) is 0.190. The van der Waals surface area contributed by atoms with Crippen LogP contribution < -0.4 is 5.73 Å². The molecule has 0 unspecified atom stereocenters. The van der Waals surface area contributed by atoms with Gasteiger partial charge in [-0.15, -0.1) is 10.2 Å². The van der Waals surface area contributed by atoms with Gasteiger partial charge in [0, 0.05) is 40.0 Å². The van der Waals surface area contributed by atoms with Gasteiger partial charge in [-0.05, 0) is 36.6 Å². The molecule has 7 heteroatoms. The van der Waals surface area contributed by atoms with Gasteiger partial charge in [0.05, 0.1) is 0 Å². The molecule has 1 aliphatic carbocycles. The minimum atomic E-state index is -0.406. The number of rotatable bonds is 6. The number of amides is 1. The van der Waals surface area contributed by atoms with Crippen molar-refractivity contribution in [1.82, 2.24) is 19.7 Å². The molecule has 28 heavy (non-hydrogen) atoms. The molecule has 0 saturated heterocycles. The van der Waals surface area contributed by atoms with Gasteiger partial charge in [0.25, 0.3) is 0 Å². The SMILES string of the molecule is NC(=O)c1ccc(CSc2nnc(-c3c[nH]c4ccccc34)n2C2CC2)cc1. The highest BCUT2D eigenvalue weighted by Gasteiger charge is 2.30. The molecule has 2 aromatic heterocycles. The number of primary amides is 1. The van der Waals surface area contributed by atoms with E-state index in [0.717, 1.165) is 51.6 Å².